The van der Waals surface area contributed by atoms with E-state index in [9.17, 15) is 0 Å². The van der Waals surface area contributed by atoms with Crippen molar-refractivity contribution in [1.82, 2.24) is 14.5 Å². The highest BCUT2D eigenvalue weighted by Gasteiger charge is 2.16. The molecule has 50 heavy (non-hydrogen) atoms. The Morgan fingerprint density at radius 3 is 1.84 bits per heavy atom. The fourth-order valence-electron chi connectivity index (χ4n) is 7.21. The van der Waals surface area contributed by atoms with E-state index < -0.39 is 0 Å². The molecule has 0 spiro atoms. The predicted molar refractivity (Wildman–Crippen MR) is 205 cm³/mol. The highest BCUT2D eigenvalue weighted by molar-refractivity contribution is 6.10. The Balaban J connectivity index is 1.11. The van der Waals surface area contributed by atoms with Crippen molar-refractivity contribution in [2.24, 2.45) is 0 Å². The van der Waals surface area contributed by atoms with Gasteiger partial charge >= 0.3 is 0 Å². The van der Waals surface area contributed by atoms with Gasteiger partial charge in [0.05, 0.1) is 22.4 Å². The summed E-state index contributed by atoms with van der Waals surface area (Å²) in [5.41, 5.74) is 12.2. The Bertz CT molecular complexity index is 2870. The van der Waals surface area contributed by atoms with Gasteiger partial charge in [-0.3, -0.25) is 0 Å². The molecule has 0 saturated carbocycles. The lowest BCUT2D eigenvalue weighted by Gasteiger charge is -2.11. The van der Waals surface area contributed by atoms with Crippen LogP contribution in [0.4, 0.5) is 0 Å². The highest BCUT2D eigenvalue weighted by Crippen LogP contribution is 2.37. The third-order valence-electron chi connectivity index (χ3n) is 9.61. The first-order valence-corrected chi connectivity index (χ1v) is 16.8. The quantitative estimate of drug-likeness (QED) is 0.188. The molecule has 0 fully saturated rings. The van der Waals surface area contributed by atoms with Crippen LogP contribution in [-0.4, -0.2) is 14.5 Å². The maximum Gasteiger partial charge on any atom is 0.160 e. The van der Waals surface area contributed by atoms with E-state index in [4.69, 9.17) is 14.4 Å². The van der Waals surface area contributed by atoms with Crippen LogP contribution >= 0.6 is 0 Å². The number of rotatable bonds is 5. The fraction of sp³-hybridized carbons (Fsp3) is 0. The van der Waals surface area contributed by atoms with E-state index in [2.05, 4.69) is 144 Å². The van der Waals surface area contributed by atoms with Crippen molar-refractivity contribution in [2.75, 3.05) is 0 Å². The lowest BCUT2D eigenvalue weighted by molar-refractivity contribution is 0.669. The van der Waals surface area contributed by atoms with Gasteiger partial charge in [0.25, 0.3) is 0 Å². The van der Waals surface area contributed by atoms with E-state index in [0.29, 0.717) is 5.82 Å². The van der Waals surface area contributed by atoms with Crippen molar-refractivity contribution >= 4 is 43.7 Å². The zero-order chi connectivity index (χ0) is 33.0. The Kier molecular flexibility index (Phi) is 6.46. The molecule has 0 aliphatic heterocycles. The van der Waals surface area contributed by atoms with Gasteiger partial charge in [-0.25, -0.2) is 9.97 Å². The zero-order valence-electron chi connectivity index (χ0n) is 27.0. The number of furan rings is 1. The van der Waals surface area contributed by atoms with Gasteiger partial charge in [-0.2, -0.15) is 0 Å². The van der Waals surface area contributed by atoms with Crippen molar-refractivity contribution in [2.45, 2.75) is 0 Å². The summed E-state index contributed by atoms with van der Waals surface area (Å²) in [5.74, 6) is 0.676. The molecule has 0 amide bonds. The molecule has 7 aromatic carbocycles. The summed E-state index contributed by atoms with van der Waals surface area (Å²) in [4.78, 5) is 10.3. The summed E-state index contributed by atoms with van der Waals surface area (Å²) in [7, 11) is 0. The number of benzene rings is 7. The van der Waals surface area contributed by atoms with Gasteiger partial charge in [-0.05, 0) is 71.8 Å². The largest absolute Gasteiger partial charge is 0.456 e. The zero-order valence-corrected chi connectivity index (χ0v) is 27.0. The molecule has 234 valence electrons. The minimum absolute atomic E-state index is 0.676. The van der Waals surface area contributed by atoms with Crippen LogP contribution in [0.25, 0.3) is 94.5 Å². The molecule has 4 nitrogen and oxygen atoms in total. The first kappa shape index (κ1) is 28.3. The van der Waals surface area contributed by atoms with Crippen molar-refractivity contribution in [3.05, 3.63) is 176 Å². The van der Waals surface area contributed by atoms with Crippen LogP contribution in [-0.2, 0) is 0 Å². The fourth-order valence-corrected chi connectivity index (χ4v) is 7.21. The van der Waals surface area contributed by atoms with Crippen LogP contribution < -0.4 is 0 Å². The van der Waals surface area contributed by atoms with Gasteiger partial charge in [0.1, 0.15) is 11.2 Å². The second-order valence-corrected chi connectivity index (χ2v) is 12.6. The number of fused-ring (bicyclic) bond motifs is 6. The molecule has 4 heteroatoms. The van der Waals surface area contributed by atoms with E-state index in [-0.39, 0.29) is 0 Å². The lowest BCUT2D eigenvalue weighted by atomic mass is 10.00. The predicted octanol–water partition coefficient (Wildman–Crippen LogP) is 12.1. The molecular formula is C46H29N3O. The van der Waals surface area contributed by atoms with Crippen LogP contribution in [0.1, 0.15) is 0 Å². The van der Waals surface area contributed by atoms with Crippen LogP contribution in [0.2, 0.25) is 0 Å². The monoisotopic (exact) mass is 639 g/mol. The maximum atomic E-state index is 6.25. The number of hydrogen-bond donors (Lipinski definition) is 0. The van der Waals surface area contributed by atoms with E-state index in [1.54, 1.807) is 0 Å². The molecule has 3 aromatic heterocycles. The van der Waals surface area contributed by atoms with Crippen molar-refractivity contribution < 1.29 is 4.42 Å². The van der Waals surface area contributed by atoms with Crippen LogP contribution in [0.15, 0.2) is 180 Å². The molecule has 0 unspecified atom stereocenters. The van der Waals surface area contributed by atoms with Gasteiger partial charge in [0.15, 0.2) is 5.82 Å². The van der Waals surface area contributed by atoms with Crippen LogP contribution in [0.5, 0.6) is 0 Å². The Labute approximate surface area is 288 Å². The van der Waals surface area contributed by atoms with Crippen LogP contribution in [0, 0.1) is 0 Å². The third kappa shape index (κ3) is 4.69. The number of nitrogens with zero attached hydrogens (tertiary/aromatic N) is 3. The second-order valence-electron chi connectivity index (χ2n) is 12.6. The summed E-state index contributed by atoms with van der Waals surface area (Å²) in [5, 5.41) is 4.66. The average molecular weight is 640 g/mol. The summed E-state index contributed by atoms with van der Waals surface area (Å²) in [6.07, 6.45) is 0. The van der Waals surface area contributed by atoms with Crippen LogP contribution in [0.3, 0.4) is 0 Å². The maximum absolute atomic E-state index is 6.25. The molecule has 0 radical (unpaired) electrons. The summed E-state index contributed by atoms with van der Waals surface area (Å²) >= 11 is 0. The standard InChI is InChI=1S/C46H29N3O/c1-3-12-30(13-4-1)40-29-41(33-22-24-38-37-19-8-10-21-44(37)50-45(38)28-33)48-46(47-40)34-15-11-14-31(26-34)32-23-25-43-39(27-32)36-18-7-9-20-42(36)49(43)35-16-5-2-6-17-35/h1-29H. The molecule has 3 heterocycles. The Morgan fingerprint density at radius 2 is 0.980 bits per heavy atom. The topological polar surface area (TPSA) is 43.9 Å². The molecule has 10 rings (SSSR count). The third-order valence-corrected chi connectivity index (χ3v) is 9.61. The first-order valence-electron chi connectivity index (χ1n) is 16.8. The number of aromatic nitrogens is 3. The number of hydrogen-bond acceptors (Lipinski definition) is 3. The highest BCUT2D eigenvalue weighted by atomic mass is 16.3. The minimum Gasteiger partial charge on any atom is -0.456 e. The van der Waals surface area contributed by atoms with Gasteiger partial charge in [-0.15, -0.1) is 0 Å². The summed E-state index contributed by atoms with van der Waals surface area (Å²) in [6, 6.07) is 61.4. The van der Waals surface area contributed by atoms with Crippen molar-refractivity contribution in [3.8, 4) is 50.7 Å². The van der Waals surface area contributed by atoms with E-state index in [1.165, 1.54) is 21.8 Å². The van der Waals surface area contributed by atoms with Crippen molar-refractivity contribution in [1.29, 1.82) is 0 Å². The molecule has 0 atom stereocenters. The Hall–Kier alpha value is -6.78. The average Bonchev–Trinajstić information content (AvgIpc) is 3.73. The van der Waals surface area contributed by atoms with Gasteiger partial charge in [0, 0.05) is 43.9 Å². The lowest BCUT2D eigenvalue weighted by Crippen LogP contribution is -1.96. The molecular weight excluding hydrogens is 611 g/mol. The van der Waals surface area contributed by atoms with E-state index >= 15 is 0 Å². The van der Waals surface area contributed by atoms with E-state index in [0.717, 1.165) is 66.8 Å². The molecule has 0 bridgehead atoms. The second kappa shape index (κ2) is 11.4. The molecule has 10 aromatic rings. The summed E-state index contributed by atoms with van der Waals surface area (Å²) in [6.45, 7) is 0. The normalized spacial score (nSPS) is 11.6. The first-order chi connectivity index (χ1) is 24.8. The van der Waals surface area contributed by atoms with Crippen molar-refractivity contribution in [3.63, 3.8) is 0 Å². The van der Waals surface area contributed by atoms with Gasteiger partial charge in [0.2, 0.25) is 0 Å². The van der Waals surface area contributed by atoms with Gasteiger partial charge in [-0.1, -0.05) is 115 Å². The number of para-hydroxylation sites is 3. The molecule has 0 saturated heterocycles. The minimum atomic E-state index is 0.676. The Morgan fingerprint density at radius 1 is 0.360 bits per heavy atom. The SMILES string of the molecule is c1ccc(-c2cc(-c3ccc4c(c3)oc3ccccc34)nc(-c3cccc(-c4ccc5c(c4)c4ccccc4n5-c4ccccc4)c3)n2)cc1. The smallest absolute Gasteiger partial charge is 0.160 e. The molecule has 0 aliphatic rings. The molecule has 0 N–H and O–H groups in total. The van der Waals surface area contributed by atoms with E-state index in [1.807, 2.05) is 36.4 Å². The molecule has 0 aliphatic carbocycles. The van der Waals surface area contributed by atoms with Gasteiger partial charge < -0.3 is 8.98 Å². The summed E-state index contributed by atoms with van der Waals surface area (Å²) < 4.78 is 8.59.